The molecule has 0 spiro atoms. The van der Waals surface area contributed by atoms with Gasteiger partial charge in [0, 0.05) is 4.83 Å². The summed E-state index contributed by atoms with van der Waals surface area (Å²) < 4.78 is 10.4. The lowest BCUT2D eigenvalue weighted by molar-refractivity contribution is 0.187. The Bertz CT molecular complexity index is 378. The Morgan fingerprint density at radius 2 is 1.87 bits per heavy atom. The molecule has 4 heteroatoms. The molecule has 0 saturated heterocycles. The maximum absolute atomic E-state index is 9.89. The van der Waals surface area contributed by atoms with Gasteiger partial charge in [-0.15, -0.1) is 0 Å². The van der Waals surface area contributed by atoms with Gasteiger partial charge in [-0.1, -0.05) is 15.9 Å². The maximum Gasteiger partial charge on any atom is 0.161 e. The Kier molecular flexibility index (Phi) is 2.89. The second-order valence-electron chi connectivity index (χ2n) is 3.57. The van der Waals surface area contributed by atoms with E-state index in [1.807, 2.05) is 12.1 Å². The molecule has 1 N–H and O–H groups in total. The lowest BCUT2D eigenvalue weighted by Crippen LogP contribution is -2.04. The van der Waals surface area contributed by atoms with Crippen LogP contribution in [-0.2, 0) is 6.42 Å². The van der Waals surface area contributed by atoms with E-state index in [9.17, 15) is 5.11 Å². The van der Waals surface area contributed by atoms with Crippen LogP contribution in [0.4, 0.5) is 0 Å². The summed E-state index contributed by atoms with van der Waals surface area (Å²) in [6, 6.07) is 3.78. The highest BCUT2D eigenvalue weighted by atomic mass is 79.9. The molecule has 0 amide bonds. The van der Waals surface area contributed by atoms with Gasteiger partial charge in [0.05, 0.1) is 20.3 Å². The number of methoxy groups -OCH3 is 2. The second-order valence-corrected chi connectivity index (χ2v) is 4.75. The van der Waals surface area contributed by atoms with Crippen LogP contribution in [0.1, 0.15) is 17.2 Å². The van der Waals surface area contributed by atoms with Gasteiger partial charge in [0.2, 0.25) is 0 Å². The van der Waals surface area contributed by atoms with Crippen molar-refractivity contribution < 1.29 is 14.6 Å². The van der Waals surface area contributed by atoms with Crippen molar-refractivity contribution in [1.82, 2.24) is 0 Å². The number of ether oxygens (including phenoxy) is 2. The lowest BCUT2D eigenvalue weighted by Gasteiger charge is -2.11. The van der Waals surface area contributed by atoms with Crippen LogP contribution in [-0.4, -0.2) is 24.2 Å². The van der Waals surface area contributed by atoms with E-state index in [-0.39, 0.29) is 4.83 Å². The molecule has 0 fully saturated rings. The van der Waals surface area contributed by atoms with Gasteiger partial charge in [-0.2, -0.15) is 0 Å². The smallest absolute Gasteiger partial charge is 0.161 e. The largest absolute Gasteiger partial charge is 0.493 e. The third-order valence-corrected chi connectivity index (χ3v) is 3.55. The Hall–Kier alpha value is -0.740. The van der Waals surface area contributed by atoms with Crippen LogP contribution in [0.15, 0.2) is 12.1 Å². The fourth-order valence-electron chi connectivity index (χ4n) is 1.91. The predicted molar refractivity (Wildman–Crippen MR) is 60.9 cm³/mol. The van der Waals surface area contributed by atoms with Crippen molar-refractivity contribution >= 4 is 15.9 Å². The molecule has 82 valence electrons. The summed E-state index contributed by atoms with van der Waals surface area (Å²) in [4.78, 5) is 0.0873. The van der Waals surface area contributed by atoms with E-state index in [1.54, 1.807) is 14.2 Å². The van der Waals surface area contributed by atoms with Gasteiger partial charge in [-0.05, 0) is 29.7 Å². The van der Waals surface area contributed by atoms with Crippen molar-refractivity contribution in [3.05, 3.63) is 23.3 Å². The highest BCUT2D eigenvalue weighted by Crippen LogP contribution is 2.41. The Morgan fingerprint density at radius 3 is 2.47 bits per heavy atom. The van der Waals surface area contributed by atoms with Gasteiger partial charge in [0.15, 0.2) is 11.5 Å². The predicted octanol–water partition coefficient (Wildman–Crippen LogP) is 2.06. The van der Waals surface area contributed by atoms with Crippen LogP contribution < -0.4 is 9.47 Å². The van der Waals surface area contributed by atoms with Crippen LogP contribution in [0, 0.1) is 0 Å². The Labute approximate surface area is 97.1 Å². The first-order valence-corrected chi connectivity index (χ1v) is 5.66. The molecule has 15 heavy (non-hydrogen) atoms. The van der Waals surface area contributed by atoms with Crippen LogP contribution in [0.5, 0.6) is 11.5 Å². The van der Waals surface area contributed by atoms with E-state index < -0.39 is 6.10 Å². The molecule has 3 nitrogen and oxygen atoms in total. The van der Waals surface area contributed by atoms with E-state index in [0.717, 1.165) is 17.5 Å². The van der Waals surface area contributed by atoms with Crippen LogP contribution in [0.2, 0.25) is 0 Å². The molecule has 2 atom stereocenters. The summed E-state index contributed by atoms with van der Waals surface area (Å²) in [5.74, 6) is 1.38. The topological polar surface area (TPSA) is 38.7 Å². The second kappa shape index (κ2) is 4.02. The Morgan fingerprint density at radius 1 is 1.27 bits per heavy atom. The van der Waals surface area contributed by atoms with Crippen molar-refractivity contribution in [2.45, 2.75) is 17.4 Å². The fourth-order valence-corrected chi connectivity index (χ4v) is 2.54. The van der Waals surface area contributed by atoms with Gasteiger partial charge in [0.1, 0.15) is 0 Å². The molecule has 2 rings (SSSR count). The SMILES string of the molecule is COc1cc2c(cc1OC)[C@@H](O)[C@@H](Br)C2. The lowest BCUT2D eigenvalue weighted by atomic mass is 10.1. The van der Waals surface area contributed by atoms with Crippen molar-refractivity contribution in [3.8, 4) is 11.5 Å². The number of hydrogen-bond donors (Lipinski definition) is 1. The molecule has 1 aliphatic rings. The number of aliphatic hydroxyl groups excluding tert-OH is 1. The number of rotatable bonds is 2. The first-order valence-electron chi connectivity index (χ1n) is 4.74. The van der Waals surface area contributed by atoms with E-state index in [1.165, 1.54) is 0 Å². The molecule has 0 aromatic heterocycles. The molecule has 0 radical (unpaired) electrons. The molecule has 0 aliphatic heterocycles. The standard InChI is InChI=1S/C11H13BrO3/c1-14-9-4-6-3-8(12)11(13)7(6)5-10(9)15-2/h4-5,8,11,13H,3H2,1-2H3/t8-,11+/m0/s1. The average Bonchev–Trinajstić information content (AvgIpc) is 2.53. The summed E-state index contributed by atoms with van der Waals surface area (Å²) in [7, 11) is 3.21. The zero-order chi connectivity index (χ0) is 11.0. The number of fused-ring (bicyclic) bond motifs is 1. The number of halogens is 1. The van der Waals surface area contributed by atoms with Gasteiger partial charge in [0.25, 0.3) is 0 Å². The van der Waals surface area contributed by atoms with Crippen LogP contribution in [0.25, 0.3) is 0 Å². The summed E-state index contributed by atoms with van der Waals surface area (Å²) in [6.45, 7) is 0. The zero-order valence-electron chi connectivity index (χ0n) is 8.66. The van der Waals surface area contributed by atoms with E-state index >= 15 is 0 Å². The summed E-state index contributed by atoms with van der Waals surface area (Å²) >= 11 is 3.45. The molecule has 1 aliphatic carbocycles. The van der Waals surface area contributed by atoms with Crippen molar-refractivity contribution in [1.29, 1.82) is 0 Å². The molecular formula is C11H13BrO3. The third kappa shape index (κ3) is 1.72. The Balaban J connectivity index is 2.48. The number of alkyl halides is 1. The fraction of sp³-hybridized carbons (Fsp3) is 0.455. The molecule has 0 saturated carbocycles. The number of hydrogen-bond acceptors (Lipinski definition) is 3. The zero-order valence-corrected chi connectivity index (χ0v) is 10.2. The molecule has 1 aromatic rings. The van der Waals surface area contributed by atoms with Crippen LogP contribution >= 0.6 is 15.9 Å². The van der Waals surface area contributed by atoms with Crippen molar-refractivity contribution in [2.75, 3.05) is 14.2 Å². The van der Waals surface area contributed by atoms with Gasteiger partial charge in [-0.3, -0.25) is 0 Å². The number of benzene rings is 1. The van der Waals surface area contributed by atoms with Crippen molar-refractivity contribution in [2.24, 2.45) is 0 Å². The van der Waals surface area contributed by atoms with Crippen molar-refractivity contribution in [3.63, 3.8) is 0 Å². The van der Waals surface area contributed by atoms with Gasteiger partial charge in [-0.25, -0.2) is 0 Å². The monoisotopic (exact) mass is 272 g/mol. The van der Waals surface area contributed by atoms with Crippen LogP contribution in [0.3, 0.4) is 0 Å². The average molecular weight is 273 g/mol. The highest BCUT2D eigenvalue weighted by Gasteiger charge is 2.30. The normalized spacial score (nSPS) is 23.7. The number of aliphatic hydroxyl groups is 1. The minimum absolute atomic E-state index is 0.0873. The summed E-state index contributed by atoms with van der Waals surface area (Å²) in [6.07, 6.45) is 0.358. The van der Waals surface area contributed by atoms with Gasteiger partial charge < -0.3 is 14.6 Å². The molecule has 0 unspecified atom stereocenters. The van der Waals surface area contributed by atoms with E-state index in [4.69, 9.17) is 9.47 Å². The third-order valence-electron chi connectivity index (χ3n) is 2.72. The summed E-state index contributed by atoms with van der Waals surface area (Å²) in [5, 5.41) is 9.89. The minimum atomic E-state index is -0.459. The first-order chi connectivity index (χ1) is 7.17. The van der Waals surface area contributed by atoms with E-state index in [2.05, 4.69) is 15.9 Å². The first kappa shape index (κ1) is 10.8. The van der Waals surface area contributed by atoms with E-state index in [0.29, 0.717) is 11.5 Å². The molecule has 1 aromatic carbocycles. The minimum Gasteiger partial charge on any atom is -0.493 e. The summed E-state index contributed by atoms with van der Waals surface area (Å²) in [5.41, 5.74) is 2.04. The van der Waals surface area contributed by atoms with Gasteiger partial charge >= 0.3 is 0 Å². The molecular weight excluding hydrogens is 260 g/mol. The molecule has 0 heterocycles. The maximum atomic E-state index is 9.89. The quantitative estimate of drug-likeness (QED) is 0.838. The highest BCUT2D eigenvalue weighted by molar-refractivity contribution is 9.09. The molecule has 0 bridgehead atoms.